The largest absolute Gasteiger partial charge is 0.490 e. The lowest BCUT2D eigenvalue weighted by molar-refractivity contribution is -0.0163. The van der Waals surface area contributed by atoms with E-state index in [1.807, 2.05) is 32.9 Å². The summed E-state index contributed by atoms with van der Waals surface area (Å²) in [5.41, 5.74) is 0.409. The van der Waals surface area contributed by atoms with E-state index >= 15 is 0 Å². The minimum absolute atomic E-state index is 0.159. The second-order valence-electron chi connectivity index (χ2n) is 4.46. The molecule has 88 valence electrons. The minimum Gasteiger partial charge on any atom is -0.490 e. The zero-order chi connectivity index (χ0) is 12.0. The van der Waals surface area contributed by atoms with Crippen LogP contribution in [0.4, 0.5) is 0 Å². The highest BCUT2D eigenvalue weighted by atomic mass is 16.5. The van der Waals surface area contributed by atoms with Gasteiger partial charge in [0.1, 0.15) is 12.4 Å². The van der Waals surface area contributed by atoms with Crippen molar-refractivity contribution in [3.8, 4) is 5.75 Å². The Kier molecular flexibility index (Phi) is 4.50. The van der Waals surface area contributed by atoms with Crippen LogP contribution < -0.4 is 4.74 Å². The lowest BCUT2D eigenvalue weighted by Gasteiger charge is -2.19. The van der Waals surface area contributed by atoms with E-state index in [1.165, 1.54) is 0 Å². The molecule has 0 unspecified atom stereocenters. The van der Waals surface area contributed by atoms with Crippen LogP contribution in [0.2, 0.25) is 0 Å². The Balaban J connectivity index is 2.40. The molecule has 0 fully saturated rings. The lowest BCUT2D eigenvalue weighted by Crippen LogP contribution is -2.22. The molecule has 0 aliphatic heterocycles. The summed E-state index contributed by atoms with van der Waals surface area (Å²) in [4.78, 5) is 10.7. The predicted octanol–water partition coefficient (Wildman–Crippen LogP) is 2.69. The van der Waals surface area contributed by atoms with Crippen molar-refractivity contribution < 1.29 is 14.3 Å². The summed E-state index contributed by atoms with van der Waals surface area (Å²) >= 11 is 0. The molecule has 0 saturated heterocycles. The van der Waals surface area contributed by atoms with E-state index in [2.05, 4.69) is 0 Å². The SMILES string of the molecule is CC(C)(C)OCCOc1ccccc1C=O. The summed E-state index contributed by atoms with van der Waals surface area (Å²) < 4.78 is 11.0. The number of benzene rings is 1. The Labute approximate surface area is 96.4 Å². The molecule has 1 rings (SSSR count). The van der Waals surface area contributed by atoms with Gasteiger partial charge in [-0.25, -0.2) is 0 Å². The van der Waals surface area contributed by atoms with E-state index in [-0.39, 0.29) is 5.60 Å². The second kappa shape index (κ2) is 5.66. The Bertz CT molecular complexity index is 339. The van der Waals surface area contributed by atoms with Gasteiger partial charge in [0.05, 0.1) is 17.8 Å². The molecule has 0 aliphatic carbocycles. The normalized spacial score (nSPS) is 11.2. The molecule has 0 saturated carbocycles. The van der Waals surface area contributed by atoms with Gasteiger partial charge in [0.2, 0.25) is 0 Å². The van der Waals surface area contributed by atoms with Crippen molar-refractivity contribution in [2.24, 2.45) is 0 Å². The third-order valence-electron chi connectivity index (χ3n) is 1.92. The zero-order valence-electron chi connectivity index (χ0n) is 10.0. The average molecular weight is 222 g/mol. The van der Waals surface area contributed by atoms with E-state index in [1.54, 1.807) is 12.1 Å². The molecule has 0 heterocycles. The average Bonchev–Trinajstić information content (AvgIpc) is 2.23. The molecule has 0 spiro atoms. The number of carbonyl (C=O) groups excluding carboxylic acids is 1. The first-order valence-corrected chi connectivity index (χ1v) is 5.34. The summed E-state index contributed by atoms with van der Waals surface area (Å²) in [6.45, 7) is 6.93. The molecule has 16 heavy (non-hydrogen) atoms. The number of hydrogen-bond donors (Lipinski definition) is 0. The maximum absolute atomic E-state index is 10.7. The third kappa shape index (κ3) is 4.45. The molecule has 3 nitrogen and oxygen atoms in total. The fourth-order valence-corrected chi connectivity index (χ4v) is 1.21. The minimum atomic E-state index is -0.159. The van der Waals surface area contributed by atoms with Gasteiger partial charge in [-0.2, -0.15) is 0 Å². The highest BCUT2D eigenvalue weighted by molar-refractivity contribution is 5.79. The summed E-state index contributed by atoms with van der Waals surface area (Å²) in [6.07, 6.45) is 0.792. The van der Waals surface area contributed by atoms with E-state index < -0.39 is 0 Å². The first kappa shape index (κ1) is 12.7. The van der Waals surface area contributed by atoms with Crippen molar-refractivity contribution in [3.05, 3.63) is 29.8 Å². The molecule has 3 heteroatoms. The second-order valence-corrected chi connectivity index (χ2v) is 4.46. The van der Waals surface area contributed by atoms with E-state index in [0.717, 1.165) is 6.29 Å². The standard InChI is InChI=1S/C13H18O3/c1-13(2,3)16-9-8-15-12-7-5-4-6-11(12)10-14/h4-7,10H,8-9H2,1-3H3. The van der Waals surface area contributed by atoms with Crippen LogP contribution in [-0.4, -0.2) is 25.1 Å². The molecule has 0 N–H and O–H groups in total. The zero-order valence-corrected chi connectivity index (χ0v) is 10.0. The monoisotopic (exact) mass is 222 g/mol. The van der Waals surface area contributed by atoms with Crippen LogP contribution in [0.3, 0.4) is 0 Å². The van der Waals surface area contributed by atoms with Crippen LogP contribution in [0.1, 0.15) is 31.1 Å². The van der Waals surface area contributed by atoms with Crippen LogP contribution in [-0.2, 0) is 4.74 Å². The molecule has 0 aliphatic rings. The number of hydrogen-bond acceptors (Lipinski definition) is 3. The predicted molar refractivity (Wildman–Crippen MR) is 63.0 cm³/mol. The number of aldehydes is 1. The Hall–Kier alpha value is -1.35. The van der Waals surface area contributed by atoms with Crippen molar-refractivity contribution in [2.75, 3.05) is 13.2 Å². The van der Waals surface area contributed by atoms with Crippen molar-refractivity contribution in [2.45, 2.75) is 26.4 Å². The summed E-state index contributed by atoms with van der Waals surface area (Å²) in [5.74, 6) is 0.606. The van der Waals surface area contributed by atoms with Gasteiger partial charge in [-0.3, -0.25) is 4.79 Å². The molecule has 0 bridgehead atoms. The molecule has 1 aromatic rings. The molecular formula is C13H18O3. The first-order chi connectivity index (χ1) is 7.53. The highest BCUT2D eigenvalue weighted by Crippen LogP contribution is 2.15. The fraction of sp³-hybridized carbons (Fsp3) is 0.462. The van der Waals surface area contributed by atoms with Crippen LogP contribution in [0.15, 0.2) is 24.3 Å². The van der Waals surface area contributed by atoms with E-state index in [9.17, 15) is 4.79 Å². The molecule has 0 amide bonds. The van der Waals surface area contributed by atoms with Gasteiger partial charge in [0, 0.05) is 0 Å². The van der Waals surface area contributed by atoms with Crippen molar-refractivity contribution in [3.63, 3.8) is 0 Å². The molecular weight excluding hydrogens is 204 g/mol. The highest BCUT2D eigenvalue weighted by Gasteiger charge is 2.09. The summed E-state index contributed by atoms with van der Waals surface area (Å²) in [6, 6.07) is 7.16. The van der Waals surface area contributed by atoms with Gasteiger partial charge < -0.3 is 9.47 Å². The van der Waals surface area contributed by atoms with E-state index in [4.69, 9.17) is 9.47 Å². The Morgan fingerprint density at radius 1 is 1.19 bits per heavy atom. The molecule has 0 atom stereocenters. The third-order valence-corrected chi connectivity index (χ3v) is 1.92. The number of rotatable bonds is 5. The smallest absolute Gasteiger partial charge is 0.153 e. The maximum Gasteiger partial charge on any atom is 0.153 e. The molecule has 0 aromatic heterocycles. The lowest BCUT2D eigenvalue weighted by atomic mass is 10.2. The van der Waals surface area contributed by atoms with Gasteiger partial charge in [0.25, 0.3) is 0 Å². The van der Waals surface area contributed by atoms with Crippen LogP contribution >= 0.6 is 0 Å². The first-order valence-electron chi connectivity index (χ1n) is 5.34. The molecule has 1 aromatic carbocycles. The summed E-state index contributed by atoms with van der Waals surface area (Å²) in [7, 11) is 0. The van der Waals surface area contributed by atoms with Crippen molar-refractivity contribution in [1.82, 2.24) is 0 Å². The van der Waals surface area contributed by atoms with Crippen molar-refractivity contribution in [1.29, 1.82) is 0 Å². The van der Waals surface area contributed by atoms with E-state index in [0.29, 0.717) is 24.5 Å². The van der Waals surface area contributed by atoms with Crippen molar-refractivity contribution >= 4 is 6.29 Å². The quantitative estimate of drug-likeness (QED) is 0.567. The van der Waals surface area contributed by atoms with Gasteiger partial charge in [0.15, 0.2) is 6.29 Å². The van der Waals surface area contributed by atoms with Gasteiger partial charge in [-0.1, -0.05) is 12.1 Å². The van der Waals surface area contributed by atoms with Crippen LogP contribution in [0.25, 0.3) is 0 Å². The topological polar surface area (TPSA) is 35.5 Å². The van der Waals surface area contributed by atoms with Gasteiger partial charge in [-0.05, 0) is 32.9 Å². The summed E-state index contributed by atoms with van der Waals surface area (Å²) in [5, 5.41) is 0. The number of ether oxygens (including phenoxy) is 2. The number of carbonyl (C=O) groups is 1. The Morgan fingerprint density at radius 2 is 1.88 bits per heavy atom. The fourth-order valence-electron chi connectivity index (χ4n) is 1.21. The Morgan fingerprint density at radius 3 is 2.50 bits per heavy atom. The number of para-hydroxylation sites is 1. The maximum atomic E-state index is 10.7. The van der Waals surface area contributed by atoms with Crippen LogP contribution in [0, 0.1) is 0 Å². The van der Waals surface area contributed by atoms with Crippen LogP contribution in [0.5, 0.6) is 5.75 Å². The van der Waals surface area contributed by atoms with Gasteiger partial charge in [-0.15, -0.1) is 0 Å². The van der Waals surface area contributed by atoms with Gasteiger partial charge >= 0.3 is 0 Å². The molecule has 0 radical (unpaired) electrons.